The summed E-state index contributed by atoms with van der Waals surface area (Å²) < 4.78 is 9.12. The highest BCUT2D eigenvalue weighted by Crippen LogP contribution is 2.32. The van der Waals surface area contributed by atoms with Gasteiger partial charge in [-0.05, 0) is 42.8 Å². The molecule has 0 saturated heterocycles. The van der Waals surface area contributed by atoms with E-state index in [9.17, 15) is 4.79 Å². The molecular formula is C25H20ClN5O2. The Kier molecular flexibility index (Phi) is 5.40. The van der Waals surface area contributed by atoms with Gasteiger partial charge in [-0.2, -0.15) is 5.10 Å². The van der Waals surface area contributed by atoms with Crippen LogP contribution in [0.25, 0.3) is 16.7 Å². The minimum absolute atomic E-state index is 0.115. The zero-order chi connectivity index (χ0) is 22.9. The monoisotopic (exact) mass is 457 g/mol. The number of halogens is 1. The molecule has 5 aromatic rings. The summed E-state index contributed by atoms with van der Waals surface area (Å²) in [5.74, 6) is 1.12. The van der Waals surface area contributed by atoms with Crippen molar-refractivity contribution in [2.24, 2.45) is 0 Å². The predicted octanol–water partition coefficient (Wildman–Crippen LogP) is 4.87. The molecule has 0 fully saturated rings. The maximum absolute atomic E-state index is 13.7. The fourth-order valence-electron chi connectivity index (χ4n) is 3.97. The third-order valence-electron chi connectivity index (χ3n) is 5.64. The molecule has 0 spiro atoms. The number of fused-ring (bicyclic) bond motifs is 1. The van der Waals surface area contributed by atoms with Crippen LogP contribution in [-0.4, -0.2) is 37.2 Å². The summed E-state index contributed by atoms with van der Waals surface area (Å²) in [4.78, 5) is 22.0. The lowest BCUT2D eigenvalue weighted by Gasteiger charge is -2.09. The number of hydrogen-bond acceptors (Lipinski definition) is 5. The summed E-state index contributed by atoms with van der Waals surface area (Å²) >= 11 is 6.05. The molecule has 3 aromatic heterocycles. The number of carbonyl (C=O) groups is 1. The number of ether oxygens (including phenoxy) is 1. The van der Waals surface area contributed by atoms with Crippen LogP contribution in [0.3, 0.4) is 0 Å². The van der Waals surface area contributed by atoms with Crippen LogP contribution in [0.1, 0.15) is 27.2 Å². The van der Waals surface area contributed by atoms with Crippen molar-refractivity contribution in [3.05, 3.63) is 101 Å². The molecule has 5 rings (SSSR count). The molecular weight excluding hydrogens is 438 g/mol. The van der Waals surface area contributed by atoms with Crippen molar-refractivity contribution >= 4 is 28.3 Å². The van der Waals surface area contributed by atoms with Crippen molar-refractivity contribution < 1.29 is 9.53 Å². The Hall–Kier alpha value is -3.97. The van der Waals surface area contributed by atoms with Gasteiger partial charge in [0.2, 0.25) is 0 Å². The molecule has 0 N–H and O–H groups in total. The lowest BCUT2D eigenvalue weighted by molar-refractivity contribution is 0.103. The van der Waals surface area contributed by atoms with Crippen molar-refractivity contribution in [1.82, 2.24) is 24.3 Å². The lowest BCUT2D eigenvalue weighted by atomic mass is 10.0. The zero-order valence-corrected chi connectivity index (χ0v) is 18.8. The van der Waals surface area contributed by atoms with Gasteiger partial charge in [0.25, 0.3) is 0 Å². The third-order valence-corrected chi connectivity index (χ3v) is 5.89. The molecule has 0 aliphatic carbocycles. The van der Waals surface area contributed by atoms with Gasteiger partial charge < -0.3 is 9.30 Å². The van der Waals surface area contributed by atoms with Crippen LogP contribution in [0.4, 0.5) is 0 Å². The van der Waals surface area contributed by atoms with Crippen molar-refractivity contribution in [3.8, 4) is 11.6 Å². The number of ketones is 1. The van der Waals surface area contributed by atoms with Gasteiger partial charge in [0.1, 0.15) is 5.75 Å². The highest BCUT2D eigenvalue weighted by molar-refractivity contribution is 6.30. The predicted molar refractivity (Wildman–Crippen MR) is 126 cm³/mol. The first-order valence-corrected chi connectivity index (χ1v) is 10.7. The first-order valence-electron chi connectivity index (χ1n) is 10.3. The third kappa shape index (κ3) is 3.87. The number of carbonyl (C=O) groups excluding carboxylic acids is 1. The van der Waals surface area contributed by atoms with Gasteiger partial charge >= 0.3 is 0 Å². The maximum atomic E-state index is 13.7. The average molecular weight is 458 g/mol. The molecule has 8 heteroatoms. The van der Waals surface area contributed by atoms with E-state index >= 15 is 0 Å². The molecule has 0 amide bonds. The molecule has 0 aliphatic rings. The molecule has 33 heavy (non-hydrogen) atoms. The number of nitrogens with zero attached hydrogens (tertiary/aromatic N) is 5. The lowest BCUT2D eigenvalue weighted by Crippen LogP contribution is -2.06. The van der Waals surface area contributed by atoms with E-state index < -0.39 is 0 Å². The second kappa shape index (κ2) is 8.52. The second-order valence-corrected chi connectivity index (χ2v) is 8.06. The molecule has 3 heterocycles. The minimum Gasteiger partial charge on any atom is -0.497 e. The van der Waals surface area contributed by atoms with E-state index in [0.29, 0.717) is 34.3 Å². The molecule has 0 aliphatic heterocycles. The summed E-state index contributed by atoms with van der Waals surface area (Å²) in [5, 5.41) is 5.83. The molecule has 0 radical (unpaired) electrons. The quantitative estimate of drug-likeness (QED) is 0.340. The van der Waals surface area contributed by atoms with Gasteiger partial charge in [0, 0.05) is 46.8 Å². The SMILES string of the molecule is COc1ccc2c(c1)c(C(=O)c1cnn(-c3cnccn3)c1)c(C)n2Cc1ccc(Cl)cc1. The summed E-state index contributed by atoms with van der Waals surface area (Å²) in [5.41, 5.74) is 4.00. The van der Waals surface area contributed by atoms with Crippen LogP contribution in [0.5, 0.6) is 5.75 Å². The van der Waals surface area contributed by atoms with Gasteiger partial charge in [-0.25, -0.2) is 9.67 Å². The Balaban J connectivity index is 1.61. The Morgan fingerprint density at radius 1 is 1.09 bits per heavy atom. The van der Waals surface area contributed by atoms with Gasteiger partial charge in [-0.3, -0.25) is 9.78 Å². The molecule has 0 bridgehead atoms. The highest BCUT2D eigenvalue weighted by atomic mass is 35.5. The van der Waals surface area contributed by atoms with Crippen LogP contribution in [0.15, 0.2) is 73.4 Å². The Bertz CT molecular complexity index is 1460. The van der Waals surface area contributed by atoms with Gasteiger partial charge in [-0.1, -0.05) is 23.7 Å². The smallest absolute Gasteiger partial charge is 0.198 e. The fourth-order valence-corrected chi connectivity index (χ4v) is 4.10. The van der Waals surface area contributed by atoms with Crippen molar-refractivity contribution in [1.29, 1.82) is 0 Å². The Morgan fingerprint density at radius 2 is 1.91 bits per heavy atom. The number of benzene rings is 2. The van der Waals surface area contributed by atoms with E-state index in [1.54, 1.807) is 42.8 Å². The largest absolute Gasteiger partial charge is 0.497 e. The topological polar surface area (TPSA) is 74.8 Å². The summed E-state index contributed by atoms with van der Waals surface area (Å²) in [7, 11) is 1.62. The van der Waals surface area contributed by atoms with Crippen LogP contribution in [0, 0.1) is 6.92 Å². The molecule has 7 nitrogen and oxygen atoms in total. The standard InChI is InChI=1S/C25H20ClN5O2/c1-16-24(25(32)18-12-29-31(15-18)23-13-27-9-10-28-23)21-11-20(33-2)7-8-22(21)30(16)14-17-3-5-19(26)6-4-17/h3-13,15H,14H2,1-2H3. The fraction of sp³-hybridized carbons (Fsp3) is 0.120. The van der Waals surface area contributed by atoms with Gasteiger partial charge in [0.15, 0.2) is 11.6 Å². The first-order chi connectivity index (χ1) is 16.0. The van der Waals surface area contributed by atoms with E-state index in [2.05, 4.69) is 19.6 Å². The van der Waals surface area contributed by atoms with E-state index in [0.717, 1.165) is 22.2 Å². The molecule has 164 valence electrons. The van der Waals surface area contributed by atoms with E-state index in [-0.39, 0.29) is 5.78 Å². The number of hydrogen-bond donors (Lipinski definition) is 0. The second-order valence-electron chi connectivity index (χ2n) is 7.62. The van der Waals surface area contributed by atoms with Crippen molar-refractivity contribution in [2.45, 2.75) is 13.5 Å². The number of aromatic nitrogens is 5. The van der Waals surface area contributed by atoms with Crippen molar-refractivity contribution in [3.63, 3.8) is 0 Å². The summed E-state index contributed by atoms with van der Waals surface area (Å²) in [6.07, 6.45) is 7.99. The van der Waals surface area contributed by atoms with E-state index in [1.807, 2.05) is 49.4 Å². The zero-order valence-electron chi connectivity index (χ0n) is 18.1. The molecule has 0 unspecified atom stereocenters. The highest BCUT2D eigenvalue weighted by Gasteiger charge is 2.23. The van der Waals surface area contributed by atoms with E-state index in [1.165, 1.54) is 0 Å². The molecule has 0 atom stereocenters. The Morgan fingerprint density at radius 3 is 2.64 bits per heavy atom. The summed E-state index contributed by atoms with van der Waals surface area (Å²) in [6, 6.07) is 13.5. The van der Waals surface area contributed by atoms with Gasteiger partial charge in [0.05, 0.1) is 30.6 Å². The van der Waals surface area contributed by atoms with E-state index in [4.69, 9.17) is 16.3 Å². The van der Waals surface area contributed by atoms with Crippen LogP contribution in [0.2, 0.25) is 5.02 Å². The van der Waals surface area contributed by atoms with Crippen molar-refractivity contribution in [2.75, 3.05) is 7.11 Å². The Labute approximate surface area is 195 Å². The maximum Gasteiger partial charge on any atom is 0.198 e. The van der Waals surface area contributed by atoms with Crippen LogP contribution in [-0.2, 0) is 6.54 Å². The number of rotatable bonds is 6. The van der Waals surface area contributed by atoms with Gasteiger partial charge in [-0.15, -0.1) is 0 Å². The first kappa shape index (κ1) is 20.9. The number of methoxy groups -OCH3 is 1. The summed E-state index contributed by atoms with van der Waals surface area (Å²) in [6.45, 7) is 2.57. The molecule has 2 aromatic carbocycles. The van der Waals surface area contributed by atoms with Crippen LogP contribution < -0.4 is 4.74 Å². The average Bonchev–Trinajstić information content (AvgIpc) is 3.44. The van der Waals surface area contributed by atoms with Crippen LogP contribution >= 0.6 is 11.6 Å². The normalized spacial score (nSPS) is 11.1. The molecule has 0 saturated carbocycles. The minimum atomic E-state index is -0.115.